The van der Waals surface area contributed by atoms with E-state index in [1.54, 1.807) is 25.3 Å². The first-order chi connectivity index (χ1) is 12.6. The van der Waals surface area contributed by atoms with Gasteiger partial charge in [-0.05, 0) is 50.3 Å². The summed E-state index contributed by atoms with van der Waals surface area (Å²) in [6.07, 6.45) is 6.71. The molecule has 3 rings (SSSR count). The summed E-state index contributed by atoms with van der Waals surface area (Å²) in [5.74, 6) is 0.391. The number of carbonyl (C=O) groups excluding carboxylic acids is 2. The summed E-state index contributed by atoms with van der Waals surface area (Å²) in [6, 6.07) is 5.06. The lowest BCUT2D eigenvalue weighted by Crippen LogP contribution is -2.51. The molecule has 1 aromatic rings. The Morgan fingerprint density at radius 2 is 2.00 bits per heavy atom. The van der Waals surface area contributed by atoms with Crippen LogP contribution in [0.3, 0.4) is 0 Å². The van der Waals surface area contributed by atoms with Gasteiger partial charge in [-0.3, -0.25) is 9.59 Å². The average Bonchev–Trinajstić information content (AvgIpc) is 2.66. The monoisotopic (exact) mass is 378 g/mol. The predicted octanol–water partition coefficient (Wildman–Crippen LogP) is 3.65. The molecular weight excluding hydrogens is 352 g/mol. The molecule has 6 heteroatoms. The molecule has 0 bridgehead atoms. The van der Waals surface area contributed by atoms with Gasteiger partial charge in [-0.2, -0.15) is 0 Å². The van der Waals surface area contributed by atoms with Crippen LogP contribution in [0.25, 0.3) is 0 Å². The number of rotatable bonds is 2. The molecule has 2 amide bonds. The molecule has 5 nitrogen and oxygen atoms in total. The molecule has 1 aliphatic carbocycles. The van der Waals surface area contributed by atoms with Crippen LogP contribution < -0.4 is 10.1 Å². The van der Waals surface area contributed by atoms with Crippen molar-refractivity contribution in [2.45, 2.75) is 51.0 Å². The second-order valence-electron chi connectivity index (χ2n) is 7.15. The normalized spacial score (nSPS) is 24.4. The van der Waals surface area contributed by atoms with E-state index in [0.29, 0.717) is 22.9 Å². The lowest BCUT2D eigenvalue weighted by molar-refractivity contribution is -0.128. The zero-order valence-corrected chi connectivity index (χ0v) is 16.1. The Morgan fingerprint density at radius 3 is 2.81 bits per heavy atom. The van der Waals surface area contributed by atoms with Gasteiger partial charge in [0.25, 0.3) is 5.91 Å². The smallest absolute Gasteiger partial charge is 0.257 e. The van der Waals surface area contributed by atoms with Gasteiger partial charge in [0.15, 0.2) is 0 Å². The highest BCUT2D eigenvalue weighted by molar-refractivity contribution is 6.30. The SMILES string of the molecule is COc1cc(Cl)ccc1C(=O)N1CCCCCNC(=O)[C@@H]2CCCC[C@@H]21. The summed E-state index contributed by atoms with van der Waals surface area (Å²) in [5, 5.41) is 3.60. The second kappa shape index (κ2) is 8.76. The molecule has 1 saturated heterocycles. The van der Waals surface area contributed by atoms with Crippen LogP contribution in [0, 0.1) is 5.92 Å². The third kappa shape index (κ3) is 4.14. The fraction of sp³-hybridized carbons (Fsp3) is 0.600. The quantitative estimate of drug-likeness (QED) is 0.854. The van der Waals surface area contributed by atoms with E-state index in [4.69, 9.17) is 16.3 Å². The maximum Gasteiger partial charge on any atom is 0.257 e. The lowest BCUT2D eigenvalue weighted by Gasteiger charge is -2.40. The molecule has 1 saturated carbocycles. The van der Waals surface area contributed by atoms with Gasteiger partial charge in [-0.1, -0.05) is 24.4 Å². The third-order valence-corrected chi connectivity index (χ3v) is 5.73. The minimum Gasteiger partial charge on any atom is -0.496 e. The fourth-order valence-corrected chi connectivity index (χ4v) is 4.29. The van der Waals surface area contributed by atoms with Crippen molar-refractivity contribution < 1.29 is 14.3 Å². The molecule has 2 aliphatic rings. The van der Waals surface area contributed by atoms with Crippen molar-refractivity contribution in [2.75, 3.05) is 20.2 Å². The van der Waals surface area contributed by atoms with Crippen molar-refractivity contribution in [1.29, 1.82) is 0 Å². The number of methoxy groups -OCH3 is 1. The number of fused-ring (bicyclic) bond motifs is 1. The molecular formula is C20H27ClN2O3. The maximum atomic E-state index is 13.4. The zero-order valence-electron chi connectivity index (χ0n) is 15.3. The summed E-state index contributed by atoms with van der Waals surface area (Å²) in [4.78, 5) is 28.0. The number of ether oxygens (including phenoxy) is 1. The summed E-state index contributed by atoms with van der Waals surface area (Å²) in [6.45, 7) is 1.42. The summed E-state index contributed by atoms with van der Waals surface area (Å²) < 4.78 is 5.38. The number of hydrogen-bond donors (Lipinski definition) is 1. The van der Waals surface area contributed by atoms with E-state index in [1.165, 1.54) is 0 Å². The van der Waals surface area contributed by atoms with E-state index < -0.39 is 0 Å². The number of hydrogen-bond acceptors (Lipinski definition) is 3. The first-order valence-electron chi connectivity index (χ1n) is 9.54. The predicted molar refractivity (Wildman–Crippen MR) is 102 cm³/mol. The maximum absolute atomic E-state index is 13.4. The van der Waals surface area contributed by atoms with Gasteiger partial charge in [0.05, 0.1) is 18.6 Å². The van der Waals surface area contributed by atoms with E-state index in [0.717, 1.165) is 51.5 Å². The third-order valence-electron chi connectivity index (χ3n) is 5.50. The molecule has 1 aromatic carbocycles. The van der Waals surface area contributed by atoms with Crippen molar-refractivity contribution in [2.24, 2.45) is 5.92 Å². The number of nitrogens with one attached hydrogen (secondary N) is 1. The molecule has 2 fully saturated rings. The number of amides is 2. The average molecular weight is 379 g/mol. The summed E-state index contributed by atoms with van der Waals surface area (Å²) >= 11 is 6.05. The van der Waals surface area contributed by atoms with Crippen LogP contribution in [0.1, 0.15) is 55.3 Å². The Hall–Kier alpha value is -1.75. The Labute approximate surface area is 160 Å². The van der Waals surface area contributed by atoms with Gasteiger partial charge >= 0.3 is 0 Å². The van der Waals surface area contributed by atoms with E-state index in [2.05, 4.69) is 5.32 Å². The first-order valence-corrected chi connectivity index (χ1v) is 9.92. The Morgan fingerprint density at radius 1 is 1.19 bits per heavy atom. The van der Waals surface area contributed by atoms with Crippen LogP contribution >= 0.6 is 11.6 Å². The van der Waals surface area contributed by atoms with Crippen molar-refractivity contribution >= 4 is 23.4 Å². The van der Waals surface area contributed by atoms with Gasteiger partial charge in [0, 0.05) is 24.2 Å². The largest absolute Gasteiger partial charge is 0.496 e. The lowest BCUT2D eigenvalue weighted by atomic mass is 9.82. The summed E-state index contributed by atoms with van der Waals surface area (Å²) in [5.41, 5.74) is 0.513. The van der Waals surface area contributed by atoms with Gasteiger partial charge in [0.2, 0.25) is 5.91 Å². The van der Waals surface area contributed by atoms with Crippen molar-refractivity contribution in [1.82, 2.24) is 10.2 Å². The Bertz CT molecular complexity index is 664. The molecule has 1 aliphatic heterocycles. The number of benzene rings is 1. The van der Waals surface area contributed by atoms with Crippen LogP contribution in [-0.4, -0.2) is 43.0 Å². The molecule has 142 valence electrons. The number of halogens is 1. The van der Waals surface area contributed by atoms with Crippen LogP contribution in [0.5, 0.6) is 5.75 Å². The van der Waals surface area contributed by atoms with Crippen LogP contribution in [0.2, 0.25) is 5.02 Å². The molecule has 0 radical (unpaired) electrons. The van der Waals surface area contributed by atoms with E-state index in [-0.39, 0.29) is 23.8 Å². The topological polar surface area (TPSA) is 58.6 Å². The Kier molecular flexibility index (Phi) is 6.41. The van der Waals surface area contributed by atoms with Crippen molar-refractivity contribution in [3.63, 3.8) is 0 Å². The van der Waals surface area contributed by atoms with Gasteiger partial charge in [-0.25, -0.2) is 0 Å². The second-order valence-corrected chi connectivity index (χ2v) is 7.59. The van der Waals surface area contributed by atoms with E-state index in [9.17, 15) is 9.59 Å². The van der Waals surface area contributed by atoms with Crippen molar-refractivity contribution in [3.8, 4) is 5.75 Å². The molecule has 26 heavy (non-hydrogen) atoms. The van der Waals surface area contributed by atoms with Crippen molar-refractivity contribution in [3.05, 3.63) is 28.8 Å². The van der Waals surface area contributed by atoms with Crippen LogP contribution in [0.4, 0.5) is 0 Å². The van der Waals surface area contributed by atoms with Gasteiger partial charge in [0.1, 0.15) is 5.75 Å². The van der Waals surface area contributed by atoms with Crippen LogP contribution in [-0.2, 0) is 4.79 Å². The van der Waals surface area contributed by atoms with Crippen LogP contribution in [0.15, 0.2) is 18.2 Å². The highest BCUT2D eigenvalue weighted by atomic mass is 35.5. The standard InChI is InChI=1S/C20H27ClN2O3/c1-26-18-13-14(21)9-10-16(18)20(25)23-12-6-2-5-11-22-19(24)15-7-3-4-8-17(15)23/h9-10,13,15,17H,2-8,11-12H2,1H3,(H,22,24)/t15-,17+/m1/s1. The molecule has 0 unspecified atom stereocenters. The van der Waals surface area contributed by atoms with Gasteiger partial charge < -0.3 is 15.0 Å². The molecule has 1 heterocycles. The molecule has 0 spiro atoms. The molecule has 1 N–H and O–H groups in total. The number of carbonyl (C=O) groups is 2. The number of nitrogens with zero attached hydrogens (tertiary/aromatic N) is 1. The first kappa shape index (κ1) is 19.0. The zero-order chi connectivity index (χ0) is 18.5. The Balaban J connectivity index is 1.92. The minimum absolute atomic E-state index is 0.0465. The summed E-state index contributed by atoms with van der Waals surface area (Å²) in [7, 11) is 1.54. The fourth-order valence-electron chi connectivity index (χ4n) is 4.13. The molecule has 0 aromatic heterocycles. The highest BCUT2D eigenvalue weighted by Crippen LogP contribution is 2.32. The van der Waals surface area contributed by atoms with Gasteiger partial charge in [-0.15, -0.1) is 0 Å². The van der Waals surface area contributed by atoms with E-state index in [1.807, 2.05) is 4.90 Å². The molecule has 2 atom stereocenters. The van der Waals surface area contributed by atoms with E-state index >= 15 is 0 Å². The minimum atomic E-state index is -0.121. The highest BCUT2D eigenvalue weighted by Gasteiger charge is 2.37.